The molecule has 0 radical (unpaired) electrons. The number of nitrogen functional groups attached to an aromatic ring is 1. The number of sulfone groups is 1. The third-order valence-electron chi connectivity index (χ3n) is 2.83. The number of hydrogen-bond donors (Lipinski definition) is 1. The first-order valence-corrected chi connectivity index (χ1v) is 8.69. The van der Waals surface area contributed by atoms with Crippen molar-refractivity contribution in [2.75, 3.05) is 23.9 Å². The van der Waals surface area contributed by atoms with Crippen LogP contribution in [0.25, 0.3) is 0 Å². The molecule has 0 fully saturated rings. The summed E-state index contributed by atoms with van der Waals surface area (Å²) in [6.45, 7) is 0.425. The molecule has 0 unspecified atom stereocenters. The molecular formula is C13H14N4O2S2. The molecule has 110 valence electrons. The minimum Gasteiger partial charge on any atom is -0.396 e. The highest BCUT2D eigenvalue weighted by molar-refractivity contribution is 7.91. The van der Waals surface area contributed by atoms with Crippen LogP contribution in [0.5, 0.6) is 0 Å². The summed E-state index contributed by atoms with van der Waals surface area (Å²) in [5.41, 5.74) is 6.62. The normalized spacial score (nSPS) is 11.1. The minimum absolute atomic E-state index is 0.0162. The van der Waals surface area contributed by atoms with Crippen LogP contribution in [-0.4, -0.2) is 26.7 Å². The van der Waals surface area contributed by atoms with Crippen molar-refractivity contribution in [3.05, 3.63) is 35.0 Å². The average Bonchev–Trinajstić information content (AvgIpc) is 2.76. The molecule has 21 heavy (non-hydrogen) atoms. The molecular weight excluding hydrogens is 308 g/mol. The standard InChI is InChI=1S/C13H14N4O2S2/c1-17(8-9-5-3-4-6-16-9)13-12(21(2,18)19)11(15)10(7-14)20-13/h3-6H,8,15H2,1-2H3. The summed E-state index contributed by atoms with van der Waals surface area (Å²) >= 11 is 1.07. The van der Waals surface area contributed by atoms with E-state index in [2.05, 4.69) is 4.98 Å². The first-order chi connectivity index (χ1) is 9.84. The van der Waals surface area contributed by atoms with Crippen LogP contribution in [0.15, 0.2) is 29.3 Å². The summed E-state index contributed by atoms with van der Waals surface area (Å²) in [6, 6.07) is 7.45. The van der Waals surface area contributed by atoms with Crippen molar-refractivity contribution >= 4 is 31.9 Å². The molecule has 6 nitrogen and oxygen atoms in total. The van der Waals surface area contributed by atoms with Gasteiger partial charge in [0, 0.05) is 19.5 Å². The zero-order valence-electron chi connectivity index (χ0n) is 11.6. The van der Waals surface area contributed by atoms with Crippen LogP contribution >= 0.6 is 11.3 Å². The Morgan fingerprint density at radius 2 is 2.19 bits per heavy atom. The summed E-state index contributed by atoms with van der Waals surface area (Å²) in [5, 5.41) is 9.50. The van der Waals surface area contributed by atoms with Gasteiger partial charge in [-0.15, -0.1) is 11.3 Å². The molecule has 0 aliphatic rings. The van der Waals surface area contributed by atoms with E-state index in [9.17, 15) is 8.42 Å². The number of pyridine rings is 1. The summed E-state index contributed by atoms with van der Waals surface area (Å²) in [5.74, 6) is 0. The molecule has 2 aromatic heterocycles. The lowest BCUT2D eigenvalue weighted by Crippen LogP contribution is -2.18. The third kappa shape index (κ3) is 3.15. The molecule has 8 heteroatoms. The van der Waals surface area contributed by atoms with Crippen molar-refractivity contribution in [2.45, 2.75) is 11.4 Å². The number of nitrogens with zero attached hydrogens (tertiary/aromatic N) is 3. The molecule has 2 heterocycles. The maximum Gasteiger partial charge on any atom is 0.180 e. The average molecular weight is 322 g/mol. The highest BCUT2D eigenvalue weighted by atomic mass is 32.2. The number of nitriles is 1. The van der Waals surface area contributed by atoms with Crippen molar-refractivity contribution in [2.24, 2.45) is 0 Å². The van der Waals surface area contributed by atoms with Crippen molar-refractivity contribution in [1.82, 2.24) is 4.98 Å². The van der Waals surface area contributed by atoms with Gasteiger partial charge in [0.2, 0.25) is 0 Å². The topological polar surface area (TPSA) is 100 Å². The van der Waals surface area contributed by atoms with Crippen LogP contribution < -0.4 is 10.6 Å². The smallest absolute Gasteiger partial charge is 0.180 e. The van der Waals surface area contributed by atoms with E-state index in [0.29, 0.717) is 11.5 Å². The third-order valence-corrected chi connectivity index (χ3v) is 5.34. The fraction of sp³-hybridized carbons (Fsp3) is 0.231. The second kappa shape index (κ2) is 5.71. The van der Waals surface area contributed by atoms with Gasteiger partial charge in [0.1, 0.15) is 20.8 Å². The van der Waals surface area contributed by atoms with Gasteiger partial charge >= 0.3 is 0 Å². The Balaban J connectivity index is 2.46. The molecule has 0 aliphatic heterocycles. The zero-order chi connectivity index (χ0) is 15.6. The number of rotatable bonds is 4. The SMILES string of the molecule is CN(Cc1ccccn1)c1sc(C#N)c(N)c1S(C)(=O)=O. The number of nitrogens with two attached hydrogens (primary N) is 1. The van der Waals surface area contributed by atoms with Crippen LogP contribution in [0.3, 0.4) is 0 Å². The van der Waals surface area contributed by atoms with Gasteiger partial charge in [-0.25, -0.2) is 8.42 Å². The Morgan fingerprint density at radius 3 is 2.71 bits per heavy atom. The molecule has 0 atom stereocenters. The van der Waals surface area contributed by atoms with Crippen LogP contribution in [0.4, 0.5) is 10.7 Å². The van der Waals surface area contributed by atoms with Crippen LogP contribution in [0.2, 0.25) is 0 Å². The Labute approximate surface area is 127 Å². The molecule has 2 N–H and O–H groups in total. The summed E-state index contributed by atoms with van der Waals surface area (Å²) in [4.78, 5) is 6.16. The van der Waals surface area contributed by atoms with Crippen LogP contribution in [0, 0.1) is 11.3 Å². The van der Waals surface area contributed by atoms with Crippen LogP contribution in [-0.2, 0) is 16.4 Å². The Bertz CT molecular complexity index is 792. The van der Waals surface area contributed by atoms with Crippen molar-refractivity contribution in [3.63, 3.8) is 0 Å². The summed E-state index contributed by atoms with van der Waals surface area (Å²) < 4.78 is 23.9. The van der Waals surface area contributed by atoms with Gasteiger partial charge in [0.25, 0.3) is 0 Å². The zero-order valence-corrected chi connectivity index (χ0v) is 13.2. The highest BCUT2D eigenvalue weighted by Gasteiger charge is 2.26. The number of aromatic nitrogens is 1. The quantitative estimate of drug-likeness (QED) is 0.918. The Hall–Kier alpha value is -2.11. The molecule has 0 amide bonds. The summed E-state index contributed by atoms with van der Waals surface area (Å²) in [7, 11) is -1.77. The van der Waals surface area contributed by atoms with E-state index >= 15 is 0 Å². The lowest BCUT2D eigenvalue weighted by molar-refractivity contribution is 0.602. The molecule has 0 saturated heterocycles. The van der Waals surface area contributed by atoms with Crippen molar-refractivity contribution in [3.8, 4) is 6.07 Å². The molecule has 0 aromatic carbocycles. The van der Waals surface area contributed by atoms with E-state index in [4.69, 9.17) is 11.0 Å². The lowest BCUT2D eigenvalue weighted by atomic mass is 10.3. The van der Waals surface area contributed by atoms with Crippen LogP contribution in [0.1, 0.15) is 10.6 Å². The Morgan fingerprint density at radius 1 is 1.48 bits per heavy atom. The molecule has 0 aliphatic carbocycles. The maximum atomic E-state index is 11.9. The van der Waals surface area contributed by atoms with Gasteiger partial charge < -0.3 is 10.6 Å². The van der Waals surface area contributed by atoms with E-state index in [0.717, 1.165) is 23.3 Å². The van der Waals surface area contributed by atoms with Crippen molar-refractivity contribution < 1.29 is 8.42 Å². The fourth-order valence-corrected chi connectivity index (χ4v) is 4.41. The van der Waals surface area contributed by atoms with E-state index in [1.54, 1.807) is 18.1 Å². The Kier molecular flexibility index (Phi) is 4.16. The largest absolute Gasteiger partial charge is 0.396 e. The van der Waals surface area contributed by atoms with Gasteiger partial charge in [0.15, 0.2) is 9.84 Å². The maximum absolute atomic E-state index is 11.9. The highest BCUT2D eigenvalue weighted by Crippen LogP contribution is 2.40. The number of thiophene rings is 1. The van der Waals surface area contributed by atoms with E-state index in [1.807, 2.05) is 24.3 Å². The minimum atomic E-state index is -3.52. The van der Waals surface area contributed by atoms with E-state index in [-0.39, 0.29) is 15.5 Å². The number of anilines is 2. The first-order valence-electron chi connectivity index (χ1n) is 5.98. The van der Waals surface area contributed by atoms with Crippen molar-refractivity contribution in [1.29, 1.82) is 5.26 Å². The van der Waals surface area contributed by atoms with E-state index in [1.165, 1.54) is 0 Å². The predicted molar refractivity (Wildman–Crippen MR) is 82.9 cm³/mol. The van der Waals surface area contributed by atoms with Gasteiger partial charge in [-0.3, -0.25) is 4.98 Å². The second-order valence-corrected chi connectivity index (χ2v) is 7.49. The molecule has 2 aromatic rings. The summed E-state index contributed by atoms with van der Waals surface area (Å²) in [6.07, 6.45) is 2.76. The van der Waals surface area contributed by atoms with Gasteiger partial charge in [-0.05, 0) is 12.1 Å². The van der Waals surface area contributed by atoms with Gasteiger partial charge in [-0.2, -0.15) is 5.26 Å². The monoisotopic (exact) mass is 322 g/mol. The lowest BCUT2D eigenvalue weighted by Gasteiger charge is -2.18. The fourth-order valence-electron chi connectivity index (χ4n) is 1.92. The molecule has 0 spiro atoms. The molecule has 0 bridgehead atoms. The first kappa shape index (κ1) is 15.3. The van der Waals surface area contributed by atoms with E-state index < -0.39 is 9.84 Å². The molecule has 0 saturated carbocycles. The second-order valence-electron chi connectivity index (χ2n) is 4.54. The van der Waals surface area contributed by atoms with Gasteiger partial charge in [-0.1, -0.05) is 6.07 Å². The number of hydrogen-bond acceptors (Lipinski definition) is 7. The predicted octanol–water partition coefficient (Wildman–Crippen LogP) is 1.64. The van der Waals surface area contributed by atoms with Gasteiger partial charge in [0.05, 0.1) is 17.9 Å². The molecule has 2 rings (SSSR count).